The highest BCUT2D eigenvalue weighted by molar-refractivity contribution is 5.89. The molecule has 0 bridgehead atoms. The van der Waals surface area contributed by atoms with Crippen molar-refractivity contribution in [1.29, 1.82) is 0 Å². The van der Waals surface area contributed by atoms with E-state index in [1.807, 2.05) is 30.3 Å². The number of urea groups is 1. The topological polar surface area (TPSA) is 53.2 Å². The van der Waals surface area contributed by atoms with Crippen molar-refractivity contribution in [2.45, 2.75) is 6.04 Å². The third-order valence-corrected chi connectivity index (χ3v) is 3.42. The van der Waals surface area contributed by atoms with Crippen LogP contribution < -0.4 is 16.0 Å². The summed E-state index contributed by atoms with van der Waals surface area (Å²) in [6, 6.07) is 9.80. The predicted octanol–water partition coefficient (Wildman–Crippen LogP) is 1.03. The molecule has 1 aliphatic heterocycles. The maximum Gasteiger partial charge on any atom is 0.319 e. The van der Waals surface area contributed by atoms with Gasteiger partial charge in [-0.3, -0.25) is 0 Å². The normalized spacial score (nSPS) is 30.6. The van der Waals surface area contributed by atoms with Crippen molar-refractivity contribution in [3.63, 3.8) is 0 Å². The molecule has 2 unspecified atom stereocenters. The van der Waals surface area contributed by atoms with Crippen LogP contribution in [0, 0.1) is 11.8 Å². The Labute approximate surface area is 94.4 Å². The van der Waals surface area contributed by atoms with Crippen LogP contribution in [0.4, 0.5) is 10.5 Å². The zero-order valence-electron chi connectivity index (χ0n) is 8.94. The van der Waals surface area contributed by atoms with Crippen molar-refractivity contribution < 1.29 is 4.79 Å². The molecule has 84 valence electrons. The Morgan fingerprint density at radius 2 is 1.88 bits per heavy atom. The lowest BCUT2D eigenvalue weighted by Crippen LogP contribution is -2.35. The van der Waals surface area contributed by atoms with E-state index in [-0.39, 0.29) is 6.03 Å². The molecule has 2 fully saturated rings. The van der Waals surface area contributed by atoms with Crippen LogP contribution in [0.15, 0.2) is 30.3 Å². The van der Waals surface area contributed by atoms with Gasteiger partial charge >= 0.3 is 6.03 Å². The Morgan fingerprint density at radius 1 is 1.19 bits per heavy atom. The van der Waals surface area contributed by atoms with Gasteiger partial charge in [0.25, 0.3) is 0 Å². The second-order valence-corrected chi connectivity index (χ2v) is 4.48. The molecular formula is C12H15N3O. The third kappa shape index (κ3) is 1.76. The standard InChI is InChI=1S/C12H15N3O/c16-12(14-8-4-2-1-3-5-8)15-11-9-6-13-7-10(9)11/h1-5,9-11,13H,6-7H2,(H2,14,15,16). The number of benzene rings is 1. The van der Waals surface area contributed by atoms with Crippen LogP contribution in [0.1, 0.15) is 0 Å². The van der Waals surface area contributed by atoms with Gasteiger partial charge in [0, 0.05) is 24.8 Å². The maximum atomic E-state index is 11.7. The number of amides is 2. The zero-order chi connectivity index (χ0) is 11.0. The Balaban J connectivity index is 1.51. The molecule has 0 spiro atoms. The minimum Gasteiger partial charge on any atom is -0.334 e. The van der Waals surface area contributed by atoms with E-state index in [0.717, 1.165) is 18.8 Å². The van der Waals surface area contributed by atoms with Gasteiger partial charge < -0.3 is 16.0 Å². The minimum absolute atomic E-state index is 0.0920. The van der Waals surface area contributed by atoms with Gasteiger partial charge in [-0.05, 0) is 24.0 Å². The molecule has 1 aliphatic carbocycles. The first-order chi connectivity index (χ1) is 7.84. The number of piperidine rings is 1. The molecule has 1 aromatic carbocycles. The molecule has 3 rings (SSSR count). The van der Waals surface area contributed by atoms with Crippen LogP contribution >= 0.6 is 0 Å². The highest BCUT2D eigenvalue weighted by atomic mass is 16.2. The maximum absolute atomic E-state index is 11.7. The second-order valence-electron chi connectivity index (χ2n) is 4.48. The molecule has 1 aromatic rings. The molecule has 1 saturated heterocycles. The van der Waals surface area contributed by atoms with E-state index in [2.05, 4.69) is 16.0 Å². The first-order valence-corrected chi connectivity index (χ1v) is 5.68. The first kappa shape index (κ1) is 9.66. The van der Waals surface area contributed by atoms with Crippen molar-refractivity contribution in [3.05, 3.63) is 30.3 Å². The fourth-order valence-corrected chi connectivity index (χ4v) is 2.47. The smallest absolute Gasteiger partial charge is 0.319 e. The highest BCUT2D eigenvalue weighted by Crippen LogP contribution is 2.41. The molecule has 2 amide bonds. The lowest BCUT2D eigenvalue weighted by Gasteiger charge is -2.09. The number of anilines is 1. The fraction of sp³-hybridized carbons (Fsp3) is 0.417. The molecule has 2 atom stereocenters. The molecule has 3 N–H and O–H groups in total. The summed E-state index contributed by atoms with van der Waals surface area (Å²) in [4.78, 5) is 11.7. The van der Waals surface area contributed by atoms with Crippen LogP contribution in [0.2, 0.25) is 0 Å². The number of fused-ring (bicyclic) bond motifs is 1. The van der Waals surface area contributed by atoms with E-state index in [1.54, 1.807) is 0 Å². The van der Waals surface area contributed by atoms with Gasteiger partial charge in [-0.25, -0.2) is 4.79 Å². The summed E-state index contributed by atoms with van der Waals surface area (Å²) < 4.78 is 0. The monoisotopic (exact) mass is 217 g/mol. The van der Waals surface area contributed by atoms with Crippen LogP contribution in [-0.2, 0) is 0 Å². The van der Waals surface area contributed by atoms with Gasteiger partial charge in [-0.1, -0.05) is 18.2 Å². The summed E-state index contributed by atoms with van der Waals surface area (Å²) in [6.07, 6.45) is 0. The number of nitrogens with one attached hydrogen (secondary N) is 3. The van der Waals surface area contributed by atoms with Gasteiger partial charge in [0.05, 0.1) is 0 Å². The Bertz CT molecular complexity index is 383. The van der Waals surface area contributed by atoms with E-state index < -0.39 is 0 Å². The van der Waals surface area contributed by atoms with Crippen molar-refractivity contribution in [2.75, 3.05) is 18.4 Å². The van der Waals surface area contributed by atoms with E-state index in [9.17, 15) is 4.79 Å². The number of rotatable bonds is 2. The number of carbonyl (C=O) groups is 1. The molecule has 0 aromatic heterocycles. The van der Waals surface area contributed by atoms with Gasteiger partial charge in [0.1, 0.15) is 0 Å². The van der Waals surface area contributed by atoms with E-state index >= 15 is 0 Å². The summed E-state index contributed by atoms with van der Waals surface area (Å²) in [6.45, 7) is 2.09. The number of hydrogen-bond donors (Lipinski definition) is 3. The summed E-state index contributed by atoms with van der Waals surface area (Å²) in [5.74, 6) is 1.31. The van der Waals surface area contributed by atoms with Crippen LogP contribution in [0.3, 0.4) is 0 Å². The molecule has 0 radical (unpaired) electrons. The quantitative estimate of drug-likeness (QED) is 0.693. The van der Waals surface area contributed by atoms with Crippen LogP contribution in [0.25, 0.3) is 0 Å². The summed E-state index contributed by atoms with van der Waals surface area (Å²) in [5.41, 5.74) is 0.837. The fourth-order valence-electron chi connectivity index (χ4n) is 2.47. The molecule has 4 nitrogen and oxygen atoms in total. The third-order valence-electron chi connectivity index (χ3n) is 3.42. The van der Waals surface area contributed by atoms with E-state index in [1.165, 1.54) is 0 Å². The molecule has 1 heterocycles. The lowest BCUT2D eigenvalue weighted by molar-refractivity contribution is 0.250. The number of hydrogen-bond acceptors (Lipinski definition) is 2. The molecule has 4 heteroatoms. The van der Waals surface area contributed by atoms with Crippen molar-refractivity contribution >= 4 is 11.7 Å². The number of para-hydroxylation sites is 1. The van der Waals surface area contributed by atoms with Crippen LogP contribution in [-0.4, -0.2) is 25.2 Å². The number of carbonyl (C=O) groups excluding carboxylic acids is 1. The molecule has 1 saturated carbocycles. The minimum atomic E-state index is -0.0920. The lowest BCUT2D eigenvalue weighted by atomic mass is 10.3. The molecule has 16 heavy (non-hydrogen) atoms. The Morgan fingerprint density at radius 3 is 2.56 bits per heavy atom. The SMILES string of the molecule is O=C(Nc1ccccc1)NC1C2CNCC21. The van der Waals surface area contributed by atoms with Crippen molar-refractivity contribution in [3.8, 4) is 0 Å². The largest absolute Gasteiger partial charge is 0.334 e. The van der Waals surface area contributed by atoms with Crippen molar-refractivity contribution in [1.82, 2.24) is 10.6 Å². The average Bonchev–Trinajstić information content (AvgIpc) is 2.76. The average molecular weight is 217 g/mol. The molecular weight excluding hydrogens is 202 g/mol. The Hall–Kier alpha value is -1.55. The van der Waals surface area contributed by atoms with Crippen LogP contribution in [0.5, 0.6) is 0 Å². The summed E-state index contributed by atoms with van der Waals surface area (Å²) >= 11 is 0. The second kappa shape index (κ2) is 3.79. The predicted molar refractivity (Wildman–Crippen MR) is 62.2 cm³/mol. The van der Waals surface area contributed by atoms with Crippen molar-refractivity contribution in [2.24, 2.45) is 11.8 Å². The highest BCUT2D eigenvalue weighted by Gasteiger charge is 2.53. The Kier molecular flexibility index (Phi) is 2.29. The summed E-state index contributed by atoms with van der Waals surface area (Å²) in [5, 5.41) is 9.15. The molecule has 2 aliphatic rings. The van der Waals surface area contributed by atoms with Gasteiger partial charge in [-0.15, -0.1) is 0 Å². The van der Waals surface area contributed by atoms with Gasteiger partial charge in [0.15, 0.2) is 0 Å². The van der Waals surface area contributed by atoms with E-state index in [0.29, 0.717) is 17.9 Å². The zero-order valence-corrected chi connectivity index (χ0v) is 8.94. The van der Waals surface area contributed by atoms with E-state index in [4.69, 9.17) is 0 Å². The van der Waals surface area contributed by atoms with Gasteiger partial charge in [0.2, 0.25) is 0 Å². The van der Waals surface area contributed by atoms with Gasteiger partial charge in [-0.2, -0.15) is 0 Å². The first-order valence-electron chi connectivity index (χ1n) is 5.68. The summed E-state index contributed by atoms with van der Waals surface area (Å²) in [7, 11) is 0.